The molecule has 3 rings (SSSR count). The molecule has 0 amide bonds. The predicted octanol–water partition coefficient (Wildman–Crippen LogP) is 3.24. The van der Waals surface area contributed by atoms with Crippen molar-refractivity contribution in [1.82, 2.24) is 10.4 Å². The van der Waals surface area contributed by atoms with Gasteiger partial charge in [-0.1, -0.05) is 18.2 Å². The van der Waals surface area contributed by atoms with Gasteiger partial charge in [-0.3, -0.25) is 10.1 Å². The molecule has 0 saturated heterocycles. The predicted molar refractivity (Wildman–Crippen MR) is 86.7 cm³/mol. The van der Waals surface area contributed by atoms with E-state index in [1.165, 1.54) is 23.1 Å². The van der Waals surface area contributed by atoms with Crippen molar-refractivity contribution < 1.29 is 4.92 Å². The highest BCUT2D eigenvalue weighted by Crippen LogP contribution is 2.18. The fraction of sp³-hybridized carbons (Fsp3) is 0.125. The third kappa shape index (κ3) is 3.07. The molecule has 3 N–H and O–H groups in total. The third-order valence-electron chi connectivity index (χ3n) is 3.51. The summed E-state index contributed by atoms with van der Waals surface area (Å²) in [5.41, 5.74) is 9.44. The van der Waals surface area contributed by atoms with Crippen molar-refractivity contribution in [2.45, 2.75) is 6.42 Å². The smallest absolute Gasteiger partial charge is 0.269 e. The lowest BCUT2D eigenvalue weighted by atomic mass is 10.1. The number of nitrogens with one attached hydrogen (secondary N) is 3. The molecular weight excluding hydrogens is 280 g/mol. The normalized spacial score (nSPS) is 10.7. The van der Waals surface area contributed by atoms with E-state index in [-0.39, 0.29) is 5.69 Å². The van der Waals surface area contributed by atoms with Crippen molar-refractivity contribution in [2.24, 2.45) is 0 Å². The van der Waals surface area contributed by atoms with Crippen LogP contribution in [0.3, 0.4) is 0 Å². The van der Waals surface area contributed by atoms with E-state index < -0.39 is 4.92 Å². The van der Waals surface area contributed by atoms with Gasteiger partial charge in [-0.25, -0.2) is 5.43 Å². The van der Waals surface area contributed by atoms with Crippen LogP contribution in [0.5, 0.6) is 0 Å². The Morgan fingerprint density at radius 1 is 1.09 bits per heavy atom. The van der Waals surface area contributed by atoms with Gasteiger partial charge in [0.2, 0.25) is 0 Å². The summed E-state index contributed by atoms with van der Waals surface area (Å²) in [6.45, 7) is 0.749. The zero-order valence-corrected chi connectivity index (χ0v) is 11.9. The maximum Gasteiger partial charge on any atom is 0.269 e. The maximum atomic E-state index is 10.6. The van der Waals surface area contributed by atoms with Crippen molar-refractivity contribution in [3.8, 4) is 0 Å². The number of nitrogens with zero attached hydrogens (tertiary/aromatic N) is 1. The lowest BCUT2D eigenvalue weighted by molar-refractivity contribution is -0.384. The number of hydrogen-bond acceptors (Lipinski definition) is 4. The summed E-state index contributed by atoms with van der Waals surface area (Å²) in [7, 11) is 0. The first-order chi connectivity index (χ1) is 10.7. The number of aromatic nitrogens is 1. The number of fused-ring (bicyclic) bond motifs is 1. The number of non-ortho nitro benzene ring substituents is 1. The van der Waals surface area contributed by atoms with E-state index in [9.17, 15) is 10.1 Å². The molecule has 22 heavy (non-hydrogen) atoms. The molecule has 3 aromatic rings. The van der Waals surface area contributed by atoms with E-state index >= 15 is 0 Å². The van der Waals surface area contributed by atoms with Gasteiger partial charge in [0.1, 0.15) is 0 Å². The molecule has 6 nitrogen and oxygen atoms in total. The summed E-state index contributed by atoms with van der Waals surface area (Å²) in [6, 6.07) is 14.5. The molecule has 0 aliphatic carbocycles. The van der Waals surface area contributed by atoms with Crippen LogP contribution in [0.15, 0.2) is 54.7 Å². The highest BCUT2D eigenvalue weighted by molar-refractivity contribution is 5.83. The molecule has 0 unspecified atom stereocenters. The third-order valence-corrected chi connectivity index (χ3v) is 3.51. The van der Waals surface area contributed by atoms with E-state index in [0.717, 1.165) is 24.2 Å². The molecule has 0 radical (unpaired) electrons. The fourth-order valence-electron chi connectivity index (χ4n) is 2.37. The van der Waals surface area contributed by atoms with Crippen molar-refractivity contribution in [1.29, 1.82) is 0 Å². The summed E-state index contributed by atoms with van der Waals surface area (Å²) >= 11 is 0. The average molecular weight is 296 g/mol. The van der Waals surface area contributed by atoms with E-state index in [4.69, 9.17) is 0 Å². The summed E-state index contributed by atoms with van der Waals surface area (Å²) in [5.74, 6) is 0. The van der Waals surface area contributed by atoms with E-state index in [1.54, 1.807) is 12.1 Å². The van der Waals surface area contributed by atoms with Gasteiger partial charge in [-0.05, 0) is 30.2 Å². The first kappa shape index (κ1) is 14.1. The minimum atomic E-state index is -0.409. The van der Waals surface area contributed by atoms with E-state index in [0.29, 0.717) is 0 Å². The molecule has 1 heterocycles. The Morgan fingerprint density at radius 2 is 1.86 bits per heavy atom. The van der Waals surface area contributed by atoms with Gasteiger partial charge < -0.3 is 10.4 Å². The summed E-state index contributed by atoms with van der Waals surface area (Å²) < 4.78 is 0. The van der Waals surface area contributed by atoms with Gasteiger partial charge in [0.25, 0.3) is 5.69 Å². The van der Waals surface area contributed by atoms with E-state index in [1.807, 2.05) is 18.3 Å². The van der Waals surface area contributed by atoms with Gasteiger partial charge in [0.05, 0.1) is 4.92 Å². The van der Waals surface area contributed by atoms with Crippen LogP contribution in [0.1, 0.15) is 5.56 Å². The number of hydrogen-bond donors (Lipinski definition) is 3. The molecule has 2 aromatic carbocycles. The zero-order chi connectivity index (χ0) is 15.4. The number of benzene rings is 2. The highest BCUT2D eigenvalue weighted by Gasteiger charge is 2.04. The van der Waals surface area contributed by atoms with Gasteiger partial charge in [0, 0.05) is 41.5 Å². The Kier molecular flexibility index (Phi) is 4.02. The number of hydrazine groups is 1. The monoisotopic (exact) mass is 296 g/mol. The quantitative estimate of drug-likeness (QED) is 0.370. The van der Waals surface area contributed by atoms with Crippen molar-refractivity contribution in [3.63, 3.8) is 0 Å². The molecule has 0 saturated carbocycles. The number of rotatable bonds is 6. The Bertz CT molecular complexity index is 780. The molecule has 1 aromatic heterocycles. The van der Waals surface area contributed by atoms with Crippen LogP contribution in [-0.4, -0.2) is 16.5 Å². The van der Waals surface area contributed by atoms with Crippen LogP contribution in [0.4, 0.5) is 11.4 Å². The van der Waals surface area contributed by atoms with Crippen LogP contribution < -0.4 is 10.9 Å². The van der Waals surface area contributed by atoms with Gasteiger partial charge in [-0.2, -0.15) is 0 Å². The average Bonchev–Trinajstić information content (AvgIpc) is 2.95. The molecule has 0 aliphatic rings. The van der Waals surface area contributed by atoms with Crippen molar-refractivity contribution >= 4 is 22.3 Å². The number of nitro benzene ring substituents is 1. The first-order valence-electron chi connectivity index (χ1n) is 7.02. The second kappa shape index (κ2) is 6.28. The zero-order valence-electron chi connectivity index (χ0n) is 11.9. The molecule has 0 bridgehead atoms. The van der Waals surface area contributed by atoms with Crippen LogP contribution in [-0.2, 0) is 6.42 Å². The molecule has 0 aliphatic heterocycles. The highest BCUT2D eigenvalue weighted by atomic mass is 16.6. The minimum absolute atomic E-state index is 0.0874. The number of aromatic amines is 1. The largest absolute Gasteiger partial charge is 0.361 e. The summed E-state index contributed by atoms with van der Waals surface area (Å²) in [6.07, 6.45) is 2.90. The van der Waals surface area contributed by atoms with Crippen LogP contribution in [0.25, 0.3) is 10.9 Å². The second-order valence-corrected chi connectivity index (χ2v) is 4.97. The van der Waals surface area contributed by atoms with Gasteiger partial charge >= 0.3 is 0 Å². The lowest BCUT2D eigenvalue weighted by Gasteiger charge is -2.07. The maximum absolute atomic E-state index is 10.6. The molecular formula is C16H16N4O2. The fourth-order valence-corrected chi connectivity index (χ4v) is 2.37. The summed E-state index contributed by atoms with van der Waals surface area (Å²) in [5, 5.41) is 11.8. The number of nitro groups is 1. The number of anilines is 1. The standard InChI is InChI=1S/C16H16N4O2/c21-20(22)14-7-5-13(6-8-14)19-18-10-9-12-11-17-16-4-2-1-3-15(12)16/h1-8,11,17-19H,9-10H2. The molecule has 0 atom stereocenters. The van der Waals surface area contributed by atoms with Crippen LogP contribution in [0.2, 0.25) is 0 Å². The Balaban J connectivity index is 1.52. The lowest BCUT2D eigenvalue weighted by Crippen LogP contribution is -2.23. The van der Waals surface area contributed by atoms with Crippen LogP contribution >= 0.6 is 0 Å². The van der Waals surface area contributed by atoms with Gasteiger partial charge in [0.15, 0.2) is 0 Å². The minimum Gasteiger partial charge on any atom is -0.361 e. The second-order valence-electron chi connectivity index (χ2n) is 4.97. The number of para-hydroxylation sites is 1. The first-order valence-corrected chi connectivity index (χ1v) is 7.02. The SMILES string of the molecule is O=[N+]([O-])c1ccc(NNCCc2c[nH]c3ccccc23)cc1. The van der Waals surface area contributed by atoms with Crippen molar-refractivity contribution in [2.75, 3.05) is 12.0 Å². The Morgan fingerprint density at radius 3 is 2.64 bits per heavy atom. The summed E-state index contributed by atoms with van der Waals surface area (Å²) in [4.78, 5) is 13.4. The Hall–Kier alpha value is -2.86. The molecule has 0 fully saturated rings. The molecule has 0 spiro atoms. The Labute approximate surface area is 127 Å². The molecule has 112 valence electrons. The van der Waals surface area contributed by atoms with Crippen LogP contribution in [0, 0.1) is 10.1 Å². The van der Waals surface area contributed by atoms with Crippen molar-refractivity contribution in [3.05, 3.63) is 70.4 Å². The van der Waals surface area contributed by atoms with Gasteiger partial charge in [-0.15, -0.1) is 0 Å². The molecule has 6 heteroatoms. The number of H-pyrrole nitrogens is 1. The van der Waals surface area contributed by atoms with E-state index in [2.05, 4.69) is 28.0 Å². The topological polar surface area (TPSA) is 83.0 Å².